The van der Waals surface area contributed by atoms with Crippen LogP contribution >= 0.6 is 0 Å². The lowest BCUT2D eigenvalue weighted by Gasteiger charge is -2.25. The van der Waals surface area contributed by atoms with Gasteiger partial charge in [-0.1, -0.05) is 0 Å². The van der Waals surface area contributed by atoms with E-state index in [9.17, 15) is 13.2 Å². The molecule has 1 aliphatic heterocycles. The van der Waals surface area contributed by atoms with Crippen LogP contribution in [-0.4, -0.2) is 51.1 Å². The van der Waals surface area contributed by atoms with Gasteiger partial charge in [0.2, 0.25) is 10.0 Å². The van der Waals surface area contributed by atoms with E-state index in [2.05, 4.69) is 0 Å². The standard InChI is InChI=1S/C9H17NO4S/c1-14-7-2-8-15(12,13)10-5-3-9(11)4-6-10/h2-8H2,1H3. The number of ether oxygens (including phenoxy) is 1. The number of hydrogen-bond acceptors (Lipinski definition) is 4. The Kier molecular flexibility index (Phi) is 4.69. The normalized spacial score (nSPS) is 19.4. The summed E-state index contributed by atoms with van der Waals surface area (Å²) >= 11 is 0. The topological polar surface area (TPSA) is 63.7 Å². The van der Waals surface area contributed by atoms with Gasteiger partial charge in [0.25, 0.3) is 0 Å². The summed E-state index contributed by atoms with van der Waals surface area (Å²) in [5, 5.41) is 0. The van der Waals surface area contributed by atoms with Crippen LogP contribution in [0.15, 0.2) is 0 Å². The van der Waals surface area contributed by atoms with Crippen LogP contribution in [0, 0.1) is 0 Å². The van der Waals surface area contributed by atoms with Gasteiger partial charge in [0.05, 0.1) is 5.75 Å². The molecule has 0 aromatic rings. The van der Waals surface area contributed by atoms with Crippen molar-refractivity contribution in [1.82, 2.24) is 4.31 Å². The zero-order valence-electron chi connectivity index (χ0n) is 8.94. The summed E-state index contributed by atoms with van der Waals surface area (Å²) in [5.74, 6) is 0.257. The van der Waals surface area contributed by atoms with Gasteiger partial charge in [-0.05, 0) is 6.42 Å². The van der Waals surface area contributed by atoms with Gasteiger partial charge in [0, 0.05) is 39.6 Å². The van der Waals surface area contributed by atoms with Crippen LogP contribution < -0.4 is 0 Å². The Morgan fingerprint density at radius 2 is 1.93 bits per heavy atom. The molecule has 1 fully saturated rings. The lowest BCUT2D eigenvalue weighted by molar-refractivity contribution is -0.120. The van der Waals surface area contributed by atoms with Gasteiger partial charge in [-0.25, -0.2) is 12.7 Å². The summed E-state index contributed by atoms with van der Waals surface area (Å²) in [6.07, 6.45) is 1.20. The molecule has 0 spiro atoms. The number of hydrogen-bond donors (Lipinski definition) is 0. The highest BCUT2D eigenvalue weighted by atomic mass is 32.2. The van der Waals surface area contributed by atoms with E-state index < -0.39 is 10.0 Å². The number of Topliss-reactive ketones (excluding diaryl/α,β-unsaturated/α-hetero) is 1. The van der Waals surface area contributed by atoms with Crippen LogP contribution in [0.3, 0.4) is 0 Å². The van der Waals surface area contributed by atoms with E-state index in [1.807, 2.05) is 0 Å². The van der Waals surface area contributed by atoms with Crippen molar-refractivity contribution in [2.75, 3.05) is 32.6 Å². The average Bonchev–Trinajstić information content (AvgIpc) is 2.18. The minimum Gasteiger partial charge on any atom is -0.385 e. The fourth-order valence-corrected chi connectivity index (χ4v) is 3.01. The van der Waals surface area contributed by atoms with Gasteiger partial charge in [0.1, 0.15) is 5.78 Å². The highest BCUT2D eigenvalue weighted by Gasteiger charge is 2.26. The van der Waals surface area contributed by atoms with Crippen molar-refractivity contribution in [1.29, 1.82) is 0 Å². The summed E-state index contributed by atoms with van der Waals surface area (Å²) in [6.45, 7) is 1.13. The Labute approximate surface area is 90.4 Å². The molecule has 0 unspecified atom stereocenters. The molecule has 5 nitrogen and oxygen atoms in total. The Balaban J connectivity index is 2.43. The molecule has 6 heteroatoms. The lowest BCUT2D eigenvalue weighted by Crippen LogP contribution is -2.40. The van der Waals surface area contributed by atoms with Crippen molar-refractivity contribution in [3.05, 3.63) is 0 Å². The number of methoxy groups -OCH3 is 1. The number of nitrogens with zero attached hydrogens (tertiary/aromatic N) is 1. The second-order valence-electron chi connectivity index (χ2n) is 3.60. The van der Waals surface area contributed by atoms with Crippen LogP contribution in [0.2, 0.25) is 0 Å². The van der Waals surface area contributed by atoms with Gasteiger partial charge in [0.15, 0.2) is 0 Å². The first-order chi connectivity index (χ1) is 7.06. The second kappa shape index (κ2) is 5.58. The van der Waals surface area contributed by atoms with E-state index in [-0.39, 0.29) is 11.5 Å². The molecule has 0 aromatic heterocycles. The van der Waals surface area contributed by atoms with Crippen molar-refractivity contribution in [3.63, 3.8) is 0 Å². The molecule has 1 rings (SSSR count). The third kappa shape index (κ3) is 3.89. The molecule has 0 radical (unpaired) electrons. The summed E-state index contributed by atoms with van der Waals surface area (Å²) in [7, 11) is -1.63. The second-order valence-corrected chi connectivity index (χ2v) is 5.69. The van der Waals surface area contributed by atoms with E-state index >= 15 is 0 Å². The van der Waals surface area contributed by atoms with Gasteiger partial charge in [-0.3, -0.25) is 4.79 Å². The maximum atomic E-state index is 11.7. The number of ketones is 1. The number of carbonyl (C=O) groups excluding carboxylic acids is 1. The molecule has 1 aliphatic rings. The first-order valence-electron chi connectivity index (χ1n) is 5.05. The quantitative estimate of drug-likeness (QED) is 0.630. The van der Waals surface area contributed by atoms with Gasteiger partial charge in [-0.2, -0.15) is 0 Å². The Hall–Kier alpha value is -0.460. The summed E-state index contributed by atoms with van der Waals surface area (Å²) in [4.78, 5) is 11.0. The molecular formula is C9H17NO4S. The molecule has 0 N–H and O–H groups in total. The smallest absolute Gasteiger partial charge is 0.214 e. The van der Waals surface area contributed by atoms with Crippen molar-refractivity contribution in [2.45, 2.75) is 19.3 Å². The van der Waals surface area contributed by atoms with Gasteiger partial charge < -0.3 is 4.74 Å². The number of piperidine rings is 1. The molecule has 0 amide bonds. The van der Waals surface area contributed by atoms with E-state index in [0.717, 1.165) is 0 Å². The molecule has 0 saturated carbocycles. The fourth-order valence-electron chi connectivity index (χ4n) is 1.53. The number of carbonyl (C=O) groups is 1. The summed E-state index contributed by atoms with van der Waals surface area (Å²) in [6, 6.07) is 0. The molecule has 88 valence electrons. The molecule has 0 aliphatic carbocycles. The summed E-state index contributed by atoms with van der Waals surface area (Å²) < 4.78 is 29.7. The third-order valence-corrected chi connectivity index (χ3v) is 4.38. The predicted octanol–water partition coefficient (Wildman–Crippen LogP) is 0.0176. The van der Waals surface area contributed by atoms with E-state index in [1.54, 1.807) is 7.11 Å². The monoisotopic (exact) mass is 235 g/mol. The number of rotatable bonds is 5. The average molecular weight is 235 g/mol. The van der Waals surface area contributed by atoms with Crippen LogP contribution in [0.4, 0.5) is 0 Å². The zero-order chi connectivity index (χ0) is 11.3. The Morgan fingerprint density at radius 3 is 2.47 bits per heavy atom. The molecule has 1 saturated heterocycles. The molecule has 0 atom stereocenters. The zero-order valence-corrected chi connectivity index (χ0v) is 9.75. The highest BCUT2D eigenvalue weighted by Crippen LogP contribution is 2.11. The molecule has 15 heavy (non-hydrogen) atoms. The van der Waals surface area contributed by atoms with Crippen LogP contribution in [0.5, 0.6) is 0 Å². The van der Waals surface area contributed by atoms with E-state index in [0.29, 0.717) is 39.0 Å². The molecule has 0 aromatic carbocycles. The van der Waals surface area contributed by atoms with Crippen molar-refractivity contribution < 1.29 is 17.9 Å². The molecular weight excluding hydrogens is 218 g/mol. The summed E-state index contributed by atoms with van der Waals surface area (Å²) in [5.41, 5.74) is 0. The van der Waals surface area contributed by atoms with Crippen LogP contribution in [-0.2, 0) is 19.6 Å². The van der Waals surface area contributed by atoms with Gasteiger partial charge >= 0.3 is 0 Å². The van der Waals surface area contributed by atoms with Crippen molar-refractivity contribution in [2.24, 2.45) is 0 Å². The SMILES string of the molecule is COCCCS(=O)(=O)N1CCC(=O)CC1. The van der Waals surface area contributed by atoms with E-state index in [1.165, 1.54) is 4.31 Å². The fraction of sp³-hybridized carbons (Fsp3) is 0.889. The predicted molar refractivity (Wildman–Crippen MR) is 56.1 cm³/mol. The minimum absolute atomic E-state index is 0.106. The van der Waals surface area contributed by atoms with Crippen LogP contribution in [0.25, 0.3) is 0 Å². The van der Waals surface area contributed by atoms with Crippen LogP contribution in [0.1, 0.15) is 19.3 Å². The minimum atomic E-state index is -3.18. The first-order valence-corrected chi connectivity index (χ1v) is 6.65. The number of sulfonamides is 1. The largest absolute Gasteiger partial charge is 0.385 e. The van der Waals surface area contributed by atoms with Crippen molar-refractivity contribution >= 4 is 15.8 Å². The Bertz CT molecular complexity index is 302. The van der Waals surface area contributed by atoms with Gasteiger partial charge in [-0.15, -0.1) is 0 Å². The maximum Gasteiger partial charge on any atom is 0.214 e. The maximum absolute atomic E-state index is 11.7. The van der Waals surface area contributed by atoms with E-state index in [4.69, 9.17) is 4.74 Å². The molecule has 1 heterocycles. The first kappa shape index (κ1) is 12.6. The third-order valence-electron chi connectivity index (χ3n) is 2.42. The Morgan fingerprint density at radius 1 is 1.33 bits per heavy atom. The van der Waals surface area contributed by atoms with Crippen molar-refractivity contribution in [3.8, 4) is 0 Å². The molecule has 0 bridgehead atoms. The highest BCUT2D eigenvalue weighted by molar-refractivity contribution is 7.89. The lowest BCUT2D eigenvalue weighted by atomic mass is 10.1.